The van der Waals surface area contributed by atoms with Crippen molar-refractivity contribution in [2.75, 3.05) is 19.4 Å². The third-order valence-electron chi connectivity index (χ3n) is 2.14. The van der Waals surface area contributed by atoms with Crippen LogP contribution in [-0.2, 0) is 0 Å². The van der Waals surface area contributed by atoms with E-state index in [1.54, 1.807) is 0 Å². The molecular formula is C10H12BrN3. The van der Waals surface area contributed by atoms with Crippen molar-refractivity contribution < 1.29 is 0 Å². The largest absolute Gasteiger partial charge is 0.351 e. The van der Waals surface area contributed by atoms with Gasteiger partial charge in [0.15, 0.2) is 6.29 Å². The van der Waals surface area contributed by atoms with E-state index in [1.807, 2.05) is 31.3 Å². The maximum atomic E-state index is 4.38. The lowest BCUT2D eigenvalue weighted by Crippen LogP contribution is -2.35. The molecular weight excluding hydrogens is 242 g/mol. The summed E-state index contributed by atoms with van der Waals surface area (Å²) in [5.41, 5.74) is 2.25. The van der Waals surface area contributed by atoms with Gasteiger partial charge in [-0.15, -0.1) is 0 Å². The van der Waals surface area contributed by atoms with Gasteiger partial charge in [0.2, 0.25) is 0 Å². The van der Waals surface area contributed by atoms with E-state index in [-0.39, 0.29) is 6.29 Å². The van der Waals surface area contributed by atoms with Crippen LogP contribution in [0.25, 0.3) is 0 Å². The summed E-state index contributed by atoms with van der Waals surface area (Å²) in [6.07, 6.45) is 1.95. The Morgan fingerprint density at radius 3 is 2.93 bits per heavy atom. The lowest BCUT2D eigenvalue weighted by atomic mass is 10.2. The minimum absolute atomic E-state index is 0.0451. The van der Waals surface area contributed by atoms with E-state index >= 15 is 0 Å². The Labute approximate surface area is 92.0 Å². The van der Waals surface area contributed by atoms with Gasteiger partial charge in [0.1, 0.15) is 0 Å². The maximum Gasteiger partial charge on any atom is 0.175 e. The normalized spacial score (nSPS) is 19.3. The number of anilines is 1. The Kier molecular flexibility index (Phi) is 2.56. The van der Waals surface area contributed by atoms with E-state index in [0.717, 1.165) is 15.7 Å². The summed E-state index contributed by atoms with van der Waals surface area (Å²) >= 11 is 3.43. The molecule has 1 aromatic carbocycles. The smallest absolute Gasteiger partial charge is 0.175 e. The molecule has 1 N–H and O–H groups in total. The van der Waals surface area contributed by atoms with Crippen molar-refractivity contribution in [3.05, 3.63) is 28.2 Å². The highest BCUT2D eigenvalue weighted by Gasteiger charge is 2.14. The Bertz CT molecular complexity index is 374. The number of halogens is 1. The summed E-state index contributed by atoms with van der Waals surface area (Å²) < 4.78 is 1.08. The van der Waals surface area contributed by atoms with Gasteiger partial charge in [-0.3, -0.25) is 9.89 Å². The molecule has 0 saturated carbocycles. The fourth-order valence-electron chi connectivity index (χ4n) is 1.36. The lowest BCUT2D eigenvalue weighted by molar-refractivity contribution is 0.332. The molecule has 14 heavy (non-hydrogen) atoms. The van der Waals surface area contributed by atoms with E-state index < -0.39 is 0 Å². The van der Waals surface area contributed by atoms with Crippen molar-refractivity contribution in [1.82, 2.24) is 4.90 Å². The number of hydrogen-bond donors (Lipinski definition) is 1. The van der Waals surface area contributed by atoms with Crippen LogP contribution in [0.1, 0.15) is 5.56 Å². The zero-order chi connectivity index (χ0) is 10.1. The Morgan fingerprint density at radius 1 is 1.43 bits per heavy atom. The van der Waals surface area contributed by atoms with Crippen LogP contribution in [0.3, 0.4) is 0 Å². The average Bonchev–Trinajstić information content (AvgIpc) is 2.16. The molecule has 1 heterocycles. The van der Waals surface area contributed by atoms with Crippen LogP contribution in [0.15, 0.2) is 27.7 Å². The predicted octanol–water partition coefficient (Wildman–Crippen LogP) is 2.14. The van der Waals surface area contributed by atoms with Gasteiger partial charge in [-0.1, -0.05) is 15.9 Å². The highest BCUT2D eigenvalue weighted by molar-refractivity contribution is 9.10. The van der Waals surface area contributed by atoms with Crippen LogP contribution >= 0.6 is 15.9 Å². The topological polar surface area (TPSA) is 27.6 Å². The van der Waals surface area contributed by atoms with E-state index in [2.05, 4.69) is 38.4 Å². The Hall–Kier alpha value is -0.870. The van der Waals surface area contributed by atoms with Crippen molar-refractivity contribution >= 4 is 27.8 Å². The summed E-state index contributed by atoms with van der Waals surface area (Å²) in [4.78, 5) is 6.41. The van der Waals surface area contributed by atoms with Gasteiger partial charge in [-0.25, -0.2) is 0 Å². The zero-order valence-corrected chi connectivity index (χ0v) is 9.75. The first-order valence-electron chi connectivity index (χ1n) is 4.42. The first kappa shape index (κ1) is 9.68. The van der Waals surface area contributed by atoms with Crippen molar-refractivity contribution in [3.8, 4) is 0 Å². The second-order valence-corrected chi connectivity index (χ2v) is 4.41. The molecule has 0 bridgehead atoms. The van der Waals surface area contributed by atoms with Gasteiger partial charge < -0.3 is 5.32 Å². The second-order valence-electron chi connectivity index (χ2n) is 3.49. The first-order chi connectivity index (χ1) is 6.66. The third kappa shape index (κ3) is 1.81. The zero-order valence-electron chi connectivity index (χ0n) is 8.16. The average molecular weight is 254 g/mol. The Morgan fingerprint density at radius 2 is 2.21 bits per heavy atom. The number of fused-ring (bicyclic) bond motifs is 1. The van der Waals surface area contributed by atoms with Crippen LogP contribution in [0.2, 0.25) is 0 Å². The fraction of sp³-hybridized carbons (Fsp3) is 0.300. The van der Waals surface area contributed by atoms with E-state index in [0.29, 0.717) is 0 Å². The van der Waals surface area contributed by atoms with E-state index in [9.17, 15) is 0 Å². The van der Waals surface area contributed by atoms with Gasteiger partial charge in [0.05, 0.1) is 0 Å². The summed E-state index contributed by atoms with van der Waals surface area (Å²) in [5.74, 6) is 0. The molecule has 2 rings (SSSR count). The predicted molar refractivity (Wildman–Crippen MR) is 62.8 cm³/mol. The molecule has 0 fully saturated rings. The number of rotatable bonds is 1. The minimum atomic E-state index is 0.0451. The molecule has 1 aliphatic rings. The number of nitrogens with zero attached hydrogens (tertiary/aromatic N) is 2. The molecule has 0 radical (unpaired) electrons. The van der Waals surface area contributed by atoms with E-state index in [4.69, 9.17) is 0 Å². The molecule has 0 saturated heterocycles. The standard InChI is InChI=1S/C10H12BrN3/c1-14(2)10-12-6-7-5-8(11)3-4-9(7)13-10/h3-6,10,13H,1-2H3/t10-/m0/s1. The summed E-state index contributed by atoms with van der Waals surface area (Å²) in [7, 11) is 4.00. The number of aliphatic imine (C=N–C) groups is 1. The maximum absolute atomic E-state index is 4.38. The Balaban J connectivity index is 2.31. The number of nitrogens with one attached hydrogen (secondary N) is 1. The molecule has 74 valence electrons. The van der Waals surface area contributed by atoms with Crippen LogP contribution in [0.4, 0.5) is 5.69 Å². The number of hydrogen-bond acceptors (Lipinski definition) is 3. The fourth-order valence-corrected chi connectivity index (χ4v) is 1.74. The summed E-state index contributed by atoms with van der Waals surface area (Å²) in [5, 5.41) is 3.33. The third-order valence-corrected chi connectivity index (χ3v) is 2.64. The highest BCUT2D eigenvalue weighted by atomic mass is 79.9. The molecule has 1 aromatic rings. The quantitative estimate of drug-likeness (QED) is 0.831. The van der Waals surface area contributed by atoms with Gasteiger partial charge in [0, 0.05) is 21.9 Å². The molecule has 1 aliphatic heterocycles. The SMILES string of the molecule is CN(C)[C@H]1N=Cc2cc(Br)ccc2N1. The monoisotopic (exact) mass is 253 g/mol. The van der Waals surface area contributed by atoms with Gasteiger partial charge in [-0.2, -0.15) is 0 Å². The summed E-state index contributed by atoms with van der Waals surface area (Å²) in [6.45, 7) is 0. The molecule has 0 spiro atoms. The van der Waals surface area contributed by atoms with Crippen LogP contribution < -0.4 is 5.32 Å². The minimum Gasteiger partial charge on any atom is -0.351 e. The van der Waals surface area contributed by atoms with Crippen molar-refractivity contribution in [1.29, 1.82) is 0 Å². The molecule has 3 nitrogen and oxygen atoms in total. The van der Waals surface area contributed by atoms with Gasteiger partial charge in [0.25, 0.3) is 0 Å². The molecule has 0 unspecified atom stereocenters. The van der Waals surface area contributed by atoms with Crippen LogP contribution in [-0.4, -0.2) is 31.5 Å². The molecule has 0 aromatic heterocycles. The molecule has 0 amide bonds. The molecule has 1 atom stereocenters. The number of benzene rings is 1. The highest BCUT2D eigenvalue weighted by Crippen LogP contribution is 2.23. The van der Waals surface area contributed by atoms with Crippen molar-refractivity contribution in [2.45, 2.75) is 6.29 Å². The van der Waals surface area contributed by atoms with Crippen molar-refractivity contribution in [2.24, 2.45) is 4.99 Å². The molecule has 0 aliphatic carbocycles. The summed E-state index contributed by atoms with van der Waals surface area (Å²) in [6, 6.07) is 6.14. The van der Waals surface area contributed by atoms with E-state index in [1.165, 1.54) is 0 Å². The van der Waals surface area contributed by atoms with Gasteiger partial charge in [-0.05, 0) is 32.3 Å². The van der Waals surface area contributed by atoms with Crippen LogP contribution in [0.5, 0.6) is 0 Å². The molecule has 4 heteroatoms. The van der Waals surface area contributed by atoms with Crippen LogP contribution in [0, 0.1) is 0 Å². The lowest BCUT2D eigenvalue weighted by Gasteiger charge is -2.26. The first-order valence-corrected chi connectivity index (χ1v) is 5.22. The van der Waals surface area contributed by atoms with Gasteiger partial charge >= 0.3 is 0 Å². The second kappa shape index (κ2) is 3.71. The van der Waals surface area contributed by atoms with Crippen molar-refractivity contribution in [3.63, 3.8) is 0 Å².